The zero-order valence-electron chi connectivity index (χ0n) is 21.7. The van der Waals surface area contributed by atoms with Crippen LogP contribution in [0.2, 0.25) is 0 Å². The van der Waals surface area contributed by atoms with Crippen LogP contribution in [0.15, 0.2) is 103 Å². The molecule has 3 aromatic heterocycles. The lowest BCUT2D eigenvalue weighted by Crippen LogP contribution is -2.24. The summed E-state index contributed by atoms with van der Waals surface area (Å²) in [5, 5.41) is 12.7. The van der Waals surface area contributed by atoms with E-state index >= 15 is 0 Å². The summed E-state index contributed by atoms with van der Waals surface area (Å²) in [6.07, 6.45) is 2.11. The fourth-order valence-electron chi connectivity index (χ4n) is 4.67. The Labute approximate surface area is 235 Å². The first-order valence-corrected chi connectivity index (χ1v) is 12.8. The highest BCUT2D eigenvalue weighted by atomic mass is 16.3. The summed E-state index contributed by atoms with van der Waals surface area (Å²) in [6, 6.07) is 29.5. The van der Waals surface area contributed by atoms with E-state index in [0.29, 0.717) is 34.7 Å². The maximum Gasteiger partial charge on any atom is 0.252 e. The number of imidazole rings is 1. The van der Waals surface area contributed by atoms with Crippen LogP contribution >= 0.6 is 0 Å². The van der Waals surface area contributed by atoms with Crippen molar-refractivity contribution in [3.8, 4) is 34.1 Å². The zero-order chi connectivity index (χ0) is 28.3. The topological polar surface area (TPSA) is 136 Å². The second kappa shape index (κ2) is 10.7. The van der Waals surface area contributed by atoms with E-state index in [1.165, 1.54) is 18.2 Å². The number of rotatable bonds is 7. The molecule has 0 atom stereocenters. The summed E-state index contributed by atoms with van der Waals surface area (Å²) >= 11 is 0. The molecule has 0 saturated carbocycles. The SMILES string of the molecule is Nc1ncccc1-c1nc2ccc(-c3ccccc3)nc2n1-c1ccc(CNC(=O)c2cccc(O)c2C=O)cc1. The molecule has 0 aliphatic heterocycles. The number of nitrogens with zero attached hydrogens (tertiary/aromatic N) is 4. The third-order valence-corrected chi connectivity index (χ3v) is 6.75. The van der Waals surface area contributed by atoms with Gasteiger partial charge in [0.2, 0.25) is 0 Å². The molecule has 9 heteroatoms. The number of pyridine rings is 2. The van der Waals surface area contributed by atoms with Crippen molar-refractivity contribution in [1.29, 1.82) is 0 Å². The number of anilines is 1. The summed E-state index contributed by atoms with van der Waals surface area (Å²) in [4.78, 5) is 38.2. The molecule has 0 aliphatic carbocycles. The van der Waals surface area contributed by atoms with Crippen molar-refractivity contribution in [3.05, 3.63) is 120 Å². The molecule has 0 aliphatic rings. The van der Waals surface area contributed by atoms with Crippen LogP contribution in [0.1, 0.15) is 26.3 Å². The van der Waals surface area contributed by atoms with Crippen LogP contribution in [-0.4, -0.2) is 36.8 Å². The Balaban J connectivity index is 1.36. The van der Waals surface area contributed by atoms with Crippen LogP contribution in [0, 0.1) is 0 Å². The molecule has 9 nitrogen and oxygen atoms in total. The van der Waals surface area contributed by atoms with Gasteiger partial charge in [0, 0.05) is 24.0 Å². The maximum atomic E-state index is 12.7. The highest BCUT2D eigenvalue weighted by Crippen LogP contribution is 2.31. The number of fused-ring (bicyclic) bond motifs is 1. The number of nitrogen functional groups attached to an aromatic ring is 1. The molecule has 1 amide bonds. The van der Waals surface area contributed by atoms with Crippen molar-refractivity contribution in [2.45, 2.75) is 6.54 Å². The second-order valence-electron chi connectivity index (χ2n) is 9.32. The van der Waals surface area contributed by atoms with E-state index in [2.05, 4.69) is 10.3 Å². The molecule has 0 fully saturated rings. The number of nitrogens with two attached hydrogens (primary N) is 1. The van der Waals surface area contributed by atoms with Crippen molar-refractivity contribution in [3.63, 3.8) is 0 Å². The van der Waals surface area contributed by atoms with Gasteiger partial charge in [-0.2, -0.15) is 0 Å². The number of aromatic nitrogens is 4. The van der Waals surface area contributed by atoms with Crippen LogP contribution in [0.3, 0.4) is 0 Å². The lowest BCUT2D eigenvalue weighted by atomic mass is 10.1. The molecule has 0 unspecified atom stereocenters. The van der Waals surface area contributed by atoms with Gasteiger partial charge in [-0.25, -0.2) is 15.0 Å². The van der Waals surface area contributed by atoms with E-state index in [4.69, 9.17) is 15.7 Å². The highest BCUT2D eigenvalue weighted by Gasteiger charge is 2.19. The number of aldehydes is 1. The van der Waals surface area contributed by atoms with Gasteiger partial charge in [0.15, 0.2) is 17.8 Å². The number of carbonyl (C=O) groups excluding carboxylic acids is 2. The molecule has 6 rings (SSSR count). The molecule has 0 bridgehead atoms. The highest BCUT2D eigenvalue weighted by molar-refractivity contribution is 6.02. The quantitative estimate of drug-likeness (QED) is 0.237. The van der Waals surface area contributed by atoms with Gasteiger partial charge >= 0.3 is 0 Å². The molecule has 3 heterocycles. The van der Waals surface area contributed by atoms with Crippen molar-refractivity contribution in [1.82, 2.24) is 24.8 Å². The number of hydrogen-bond donors (Lipinski definition) is 3. The Morgan fingerprint density at radius 2 is 1.71 bits per heavy atom. The lowest BCUT2D eigenvalue weighted by Gasteiger charge is -2.12. The van der Waals surface area contributed by atoms with Crippen molar-refractivity contribution in [2.24, 2.45) is 0 Å². The first kappa shape index (κ1) is 25.4. The molecule has 0 radical (unpaired) electrons. The molecular weight excluding hydrogens is 516 g/mol. The summed E-state index contributed by atoms with van der Waals surface area (Å²) < 4.78 is 1.95. The molecule has 0 spiro atoms. The summed E-state index contributed by atoms with van der Waals surface area (Å²) in [7, 11) is 0. The minimum atomic E-state index is -0.459. The number of phenols is 1. The number of benzene rings is 3. The molecule has 6 aromatic rings. The van der Waals surface area contributed by atoms with E-state index in [1.54, 1.807) is 6.20 Å². The zero-order valence-corrected chi connectivity index (χ0v) is 21.7. The van der Waals surface area contributed by atoms with Gasteiger partial charge in [-0.3, -0.25) is 14.2 Å². The Morgan fingerprint density at radius 1 is 0.902 bits per heavy atom. The smallest absolute Gasteiger partial charge is 0.252 e. The summed E-state index contributed by atoms with van der Waals surface area (Å²) in [5.74, 6) is 0.265. The van der Waals surface area contributed by atoms with Crippen LogP contribution in [0.5, 0.6) is 5.75 Å². The number of phenolic OH excluding ortho intramolecular Hbond substituents is 1. The Hall–Kier alpha value is -5.83. The predicted molar refractivity (Wildman–Crippen MR) is 157 cm³/mol. The minimum absolute atomic E-state index is 0.0445. The number of hydrogen-bond acceptors (Lipinski definition) is 7. The van der Waals surface area contributed by atoms with Crippen molar-refractivity contribution in [2.75, 3.05) is 5.73 Å². The summed E-state index contributed by atoms with van der Waals surface area (Å²) in [6.45, 7) is 0.219. The monoisotopic (exact) mass is 540 g/mol. The van der Waals surface area contributed by atoms with Gasteiger partial charge < -0.3 is 16.2 Å². The molecular formula is C32H24N6O3. The van der Waals surface area contributed by atoms with Crippen molar-refractivity contribution >= 4 is 29.2 Å². The van der Waals surface area contributed by atoms with Gasteiger partial charge in [0.1, 0.15) is 17.1 Å². The first-order valence-electron chi connectivity index (χ1n) is 12.8. The molecule has 41 heavy (non-hydrogen) atoms. The van der Waals surface area contributed by atoms with E-state index in [-0.39, 0.29) is 23.4 Å². The van der Waals surface area contributed by atoms with Crippen LogP contribution < -0.4 is 11.1 Å². The van der Waals surface area contributed by atoms with Crippen LogP contribution in [0.4, 0.5) is 5.82 Å². The predicted octanol–water partition coefficient (Wildman–Crippen LogP) is 5.18. The molecule has 4 N–H and O–H groups in total. The maximum absolute atomic E-state index is 12.7. The fourth-order valence-corrected chi connectivity index (χ4v) is 4.67. The first-order chi connectivity index (χ1) is 20.0. The minimum Gasteiger partial charge on any atom is -0.507 e. The standard InChI is InChI=1S/C32H24N6O3/c33-29-24(9-5-17-34-29)30-37-27-16-15-26(21-6-2-1-3-7-21)36-31(27)38(30)22-13-11-20(12-14-22)18-35-32(41)23-8-4-10-28(40)25(23)19-39/h1-17,19,40H,18H2,(H2,33,34)(H,35,41). The third-order valence-electron chi connectivity index (χ3n) is 6.75. The number of nitrogens with one attached hydrogen (secondary N) is 1. The van der Waals surface area contributed by atoms with Gasteiger partial charge in [-0.1, -0.05) is 48.5 Å². The number of amides is 1. The Bertz CT molecular complexity index is 1900. The van der Waals surface area contributed by atoms with Gasteiger partial charge in [-0.05, 0) is 54.1 Å². The van der Waals surface area contributed by atoms with Crippen LogP contribution in [-0.2, 0) is 6.54 Å². The largest absolute Gasteiger partial charge is 0.507 e. The molecule has 3 aromatic carbocycles. The van der Waals surface area contributed by atoms with Crippen molar-refractivity contribution < 1.29 is 14.7 Å². The summed E-state index contributed by atoms with van der Waals surface area (Å²) in [5.41, 5.74) is 11.8. The average Bonchev–Trinajstić information content (AvgIpc) is 3.39. The second-order valence-corrected chi connectivity index (χ2v) is 9.32. The Morgan fingerprint density at radius 3 is 2.46 bits per heavy atom. The fraction of sp³-hybridized carbons (Fsp3) is 0.0312. The average molecular weight is 541 g/mol. The van der Waals surface area contributed by atoms with E-state index in [0.717, 1.165) is 22.5 Å². The normalized spacial score (nSPS) is 10.9. The molecule has 200 valence electrons. The lowest BCUT2D eigenvalue weighted by molar-refractivity contribution is 0.0944. The Kier molecular flexibility index (Phi) is 6.67. The molecule has 0 saturated heterocycles. The van der Waals surface area contributed by atoms with Gasteiger partial charge in [-0.15, -0.1) is 0 Å². The van der Waals surface area contributed by atoms with Gasteiger partial charge in [0.05, 0.1) is 22.4 Å². The van der Waals surface area contributed by atoms with E-state index in [9.17, 15) is 14.7 Å². The van der Waals surface area contributed by atoms with Gasteiger partial charge in [0.25, 0.3) is 5.91 Å². The van der Waals surface area contributed by atoms with E-state index < -0.39 is 5.91 Å². The van der Waals surface area contributed by atoms with E-state index in [1.807, 2.05) is 83.4 Å². The third kappa shape index (κ3) is 4.87. The number of aromatic hydroxyl groups is 1. The number of carbonyl (C=O) groups is 2. The van der Waals surface area contributed by atoms with Crippen LogP contribution in [0.25, 0.3) is 39.5 Å².